The number of nitrogens with one attached hydrogen (secondary N) is 2. The topological polar surface area (TPSA) is 99.1 Å². The quantitative estimate of drug-likeness (QED) is 0.871. The Bertz CT molecular complexity index is 613. The maximum atomic E-state index is 11.9. The predicted octanol–water partition coefficient (Wildman–Crippen LogP) is 1.29. The molecule has 1 rings (SSSR count). The van der Waals surface area contributed by atoms with Gasteiger partial charge in [-0.15, -0.1) is 0 Å². The SMILES string of the molecule is Cc1ccc(S(=O)(=O)NC(=O)NC(C)(C)C#N)cc1. The lowest BCUT2D eigenvalue weighted by Crippen LogP contribution is -2.49. The second-order valence-electron chi connectivity index (χ2n) is 4.61. The Morgan fingerprint density at radius 2 is 1.79 bits per heavy atom. The number of rotatable bonds is 3. The smallest absolute Gasteiger partial charge is 0.319 e. The predicted molar refractivity (Wildman–Crippen MR) is 69.7 cm³/mol. The molecule has 0 aromatic heterocycles. The first-order chi connectivity index (χ1) is 8.66. The first kappa shape index (κ1) is 15.0. The van der Waals surface area contributed by atoms with Crippen LogP contribution < -0.4 is 10.0 Å². The molecule has 0 saturated heterocycles. The number of nitriles is 1. The van der Waals surface area contributed by atoms with Crippen LogP contribution in [0.4, 0.5) is 4.79 Å². The van der Waals surface area contributed by atoms with Crippen LogP contribution in [0.25, 0.3) is 0 Å². The Morgan fingerprint density at radius 1 is 1.26 bits per heavy atom. The van der Waals surface area contributed by atoms with Gasteiger partial charge in [0.1, 0.15) is 5.54 Å². The van der Waals surface area contributed by atoms with Crippen LogP contribution in [0, 0.1) is 18.3 Å². The number of amides is 2. The molecule has 6 nitrogen and oxygen atoms in total. The zero-order chi connectivity index (χ0) is 14.7. The summed E-state index contributed by atoms with van der Waals surface area (Å²) in [5.74, 6) is 0. The molecule has 0 heterocycles. The summed E-state index contributed by atoms with van der Waals surface area (Å²) in [6, 6.07) is 6.97. The number of benzene rings is 1. The minimum atomic E-state index is -3.93. The highest BCUT2D eigenvalue weighted by molar-refractivity contribution is 7.90. The van der Waals surface area contributed by atoms with Gasteiger partial charge in [-0.05, 0) is 32.9 Å². The fourth-order valence-corrected chi connectivity index (χ4v) is 2.14. The zero-order valence-corrected chi connectivity index (χ0v) is 11.7. The average molecular weight is 281 g/mol. The van der Waals surface area contributed by atoms with Crippen LogP contribution in [0.5, 0.6) is 0 Å². The van der Waals surface area contributed by atoms with Gasteiger partial charge in [-0.1, -0.05) is 17.7 Å². The molecule has 0 aliphatic rings. The van der Waals surface area contributed by atoms with Gasteiger partial charge in [0.25, 0.3) is 10.0 Å². The summed E-state index contributed by atoms with van der Waals surface area (Å²) in [7, 11) is -3.93. The van der Waals surface area contributed by atoms with Gasteiger partial charge in [0.15, 0.2) is 0 Å². The van der Waals surface area contributed by atoms with Gasteiger partial charge in [-0.2, -0.15) is 5.26 Å². The minimum absolute atomic E-state index is 0.0111. The van der Waals surface area contributed by atoms with E-state index < -0.39 is 21.6 Å². The first-order valence-corrected chi connectivity index (χ1v) is 6.97. The van der Waals surface area contributed by atoms with Crippen molar-refractivity contribution in [2.24, 2.45) is 0 Å². The lowest BCUT2D eigenvalue weighted by atomic mass is 10.1. The number of hydrogen-bond donors (Lipinski definition) is 2. The summed E-state index contributed by atoms with van der Waals surface area (Å²) in [6.07, 6.45) is 0. The standard InChI is InChI=1S/C12H15N3O3S/c1-9-4-6-10(7-5-9)19(17,18)15-11(16)14-12(2,3)8-13/h4-7H,1-3H3,(H2,14,15,16). The molecule has 1 aromatic rings. The second-order valence-corrected chi connectivity index (χ2v) is 6.29. The van der Waals surface area contributed by atoms with E-state index in [0.717, 1.165) is 5.56 Å². The number of urea groups is 1. The van der Waals surface area contributed by atoms with Crippen LogP contribution in [0.1, 0.15) is 19.4 Å². The molecule has 19 heavy (non-hydrogen) atoms. The van der Waals surface area contributed by atoms with Crippen LogP contribution in [-0.2, 0) is 10.0 Å². The normalized spacial score (nSPS) is 11.5. The van der Waals surface area contributed by atoms with Gasteiger partial charge in [-0.25, -0.2) is 17.9 Å². The third kappa shape index (κ3) is 4.26. The summed E-state index contributed by atoms with van der Waals surface area (Å²) < 4.78 is 25.6. The van der Waals surface area contributed by atoms with Crippen LogP contribution in [0.2, 0.25) is 0 Å². The van der Waals surface area contributed by atoms with Crippen molar-refractivity contribution < 1.29 is 13.2 Å². The highest BCUT2D eigenvalue weighted by Gasteiger charge is 2.23. The summed E-state index contributed by atoms with van der Waals surface area (Å²) in [5.41, 5.74) is -0.235. The number of sulfonamides is 1. The van der Waals surface area contributed by atoms with Crippen molar-refractivity contribution in [1.29, 1.82) is 5.26 Å². The molecule has 0 fully saturated rings. The van der Waals surface area contributed by atoms with Gasteiger partial charge >= 0.3 is 6.03 Å². The van der Waals surface area contributed by atoms with E-state index in [4.69, 9.17) is 5.26 Å². The highest BCUT2D eigenvalue weighted by atomic mass is 32.2. The van der Waals surface area contributed by atoms with Crippen molar-refractivity contribution in [2.75, 3.05) is 0 Å². The van der Waals surface area contributed by atoms with Crippen molar-refractivity contribution in [3.63, 3.8) is 0 Å². The van der Waals surface area contributed by atoms with E-state index in [-0.39, 0.29) is 4.90 Å². The number of aryl methyl sites for hydroxylation is 1. The van der Waals surface area contributed by atoms with Crippen molar-refractivity contribution in [3.05, 3.63) is 29.8 Å². The monoisotopic (exact) mass is 281 g/mol. The lowest BCUT2D eigenvalue weighted by molar-refractivity contribution is 0.240. The van der Waals surface area contributed by atoms with Gasteiger partial charge in [0.05, 0.1) is 11.0 Å². The second kappa shape index (κ2) is 5.28. The van der Waals surface area contributed by atoms with E-state index in [1.165, 1.54) is 26.0 Å². The fourth-order valence-electron chi connectivity index (χ4n) is 1.24. The van der Waals surface area contributed by atoms with Crippen LogP contribution in [0.15, 0.2) is 29.2 Å². The van der Waals surface area contributed by atoms with E-state index in [0.29, 0.717) is 0 Å². The molecule has 102 valence electrons. The number of carbonyl (C=O) groups is 1. The molecule has 0 aliphatic heterocycles. The average Bonchev–Trinajstić information content (AvgIpc) is 2.28. The maximum Gasteiger partial charge on any atom is 0.329 e. The van der Waals surface area contributed by atoms with Crippen molar-refractivity contribution in [3.8, 4) is 6.07 Å². The number of nitrogens with zero attached hydrogens (tertiary/aromatic N) is 1. The molecule has 1 aromatic carbocycles. The molecule has 0 spiro atoms. The van der Waals surface area contributed by atoms with Crippen LogP contribution in [-0.4, -0.2) is 20.0 Å². The van der Waals surface area contributed by atoms with Crippen LogP contribution in [0.3, 0.4) is 0 Å². The van der Waals surface area contributed by atoms with Crippen molar-refractivity contribution in [2.45, 2.75) is 31.2 Å². The third-order valence-corrected chi connectivity index (χ3v) is 3.61. The summed E-state index contributed by atoms with van der Waals surface area (Å²) in [5, 5.41) is 11.0. The molecule has 0 unspecified atom stereocenters. The molecule has 0 atom stereocenters. The molecule has 0 bridgehead atoms. The third-order valence-electron chi connectivity index (χ3n) is 2.26. The van der Waals surface area contributed by atoms with Gasteiger partial charge < -0.3 is 5.32 Å². The van der Waals surface area contributed by atoms with Crippen molar-refractivity contribution >= 4 is 16.1 Å². The largest absolute Gasteiger partial charge is 0.329 e. The molecule has 0 saturated carbocycles. The number of carbonyl (C=O) groups excluding carboxylic acids is 1. The summed E-state index contributed by atoms with van der Waals surface area (Å²) >= 11 is 0. The van der Waals surface area contributed by atoms with Crippen LogP contribution >= 0.6 is 0 Å². The molecule has 0 radical (unpaired) electrons. The lowest BCUT2D eigenvalue weighted by Gasteiger charge is -2.17. The van der Waals surface area contributed by atoms with E-state index in [2.05, 4.69) is 5.32 Å². The molecular formula is C12H15N3O3S. The van der Waals surface area contributed by atoms with Gasteiger partial charge in [0.2, 0.25) is 0 Å². The molecular weight excluding hydrogens is 266 g/mol. The summed E-state index contributed by atoms with van der Waals surface area (Å²) in [6.45, 7) is 4.75. The molecule has 2 N–H and O–H groups in total. The zero-order valence-electron chi connectivity index (χ0n) is 10.9. The fraction of sp³-hybridized carbons (Fsp3) is 0.333. The van der Waals surface area contributed by atoms with Gasteiger partial charge in [0, 0.05) is 0 Å². The van der Waals surface area contributed by atoms with E-state index in [1.807, 2.05) is 17.7 Å². The van der Waals surface area contributed by atoms with Gasteiger partial charge in [-0.3, -0.25) is 0 Å². The van der Waals surface area contributed by atoms with Crippen molar-refractivity contribution in [1.82, 2.24) is 10.0 Å². The Kier molecular flexibility index (Phi) is 4.17. The Hall–Kier alpha value is -2.07. The van der Waals surface area contributed by atoms with E-state index in [9.17, 15) is 13.2 Å². The minimum Gasteiger partial charge on any atom is -0.319 e. The van der Waals surface area contributed by atoms with E-state index in [1.54, 1.807) is 12.1 Å². The van der Waals surface area contributed by atoms with E-state index >= 15 is 0 Å². The Labute approximate surface area is 112 Å². The molecule has 0 aliphatic carbocycles. The highest BCUT2D eigenvalue weighted by Crippen LogP contribution is 2.10. The Morgan fingerprint density at radius 3 is 2.26 bits per heavy atom. The maximum absolute atomic E-state index is 11.9. The summed E-state index contributed by atoms with van der Waals surface area (Å²) in [4.78, 5) is 11.5. The first-order valence-electron chi connectivity index (χ1n) is 5.49. The number of hydrogen-bond acceptors (Lipinski definition) is 4. The molecule has 7 heteroatoms. The molecule has 2 amide bonds. The Balaban J connectivity index is 2.84.